The maximum Gasteiger partial charge on any atom is 0.0378 e. The van der Waals surface area contributed by atoms with E-state index in [2.05, 4.69) is 78.1 Å². The van der Waals surface area contributed by atoms with Crippen molar-refractivity contribution in [2.24, 2.45) is 0 Å². The Morgan fingerprint density at radius 2 is 1.35 bits per heavy atom. The van der Waals surface area contributed by atoms with Gasteiger partial charge in [-0.1, -0.05) is 60.7 Å². The van der Waals surface area contributed by atoms with Crippen LogP contribution in [0.2, 0.25) is 0 Å². The third kappa shape index (κ3) is 3.18. The first-order chi connectivity index (χ1) is 9.92. The second-order valence-corrected chi connectivity index (χ2v) is 5.08. The number of piperidine rings is 1. The minimum absolute atomic E-state index is 1.06. The molecule has 1 heteroatoms. The first-order valence-corrected chi connectivity index (χ1v) is 7.18. The van der Waals surface area contributed by atoms with Crippen LogP contribution < -0.4 is 5.32 Å². The van der Waals surface area contributed by atoms with E-state index in [9.17, 15) is 0 Å². The van der Waals surface area contributed by atoms with E-state index < -0.39 is 0 Å². The van der Waals surface area contributed by atoms with E-state index in [-0.39, 0.29) is 0 Å². The lowest BCUT2D eigenvalue weighted by Gasteiger charge is -2.21. The Morgan fingerprint density at radius 3 is 2.00 bits per heavy atom. The van der Waals surface area contributed by atoms with Crippen LogP contribution in [0, 0.1) is 0 Å². The van der Waals surface area contributed by atoms with Gasteiger partial charge in [0.05, 0.1) is 0 Å². The normalized spacial score (nSPS) is 19.0. The summed E-state index contributed by atoms with van der Waals surface area (Å²) >= 11 is 0. The molecular formula is C19H19N. The molecule has 0 saturated carbocycles. The van der Waals surface area contributed by atoms with Crippen LogP contribution in [0.1, 0.15) is 24.0 Å². The van der Waals surface area contributed by atoms with Crippen LogP contribution >= 0.6 is 0 Å². The highest BCUT2D eigenvalue weighted by Crippen LogP contribution is 2.23. The van der Waals surface area contributed by atoms with Crippen LogP contribution in [0.5, 0.6) is 0 Å². The predicted molar refractivity (Wildman–Crippen MR) is 86.1 cm³/mol. The second-order valence-electron chi connectivity index (χ2n) is 5.08. The molecule has 0 radical (unpaired) electrons. The van der Waals surface area contributed by atoms with Gasteiger partial charge in [-0.3, -0.25) is 0 Å². The molecule has 0 aliphatic carbocycles. The molecule has 20 heavy (non-hydrogen) atoms. The molecule has 1 nitrogen and oxygen atoms in total. The Morgan fingerprint density at radius 1 is 0.750 bits per heavy atom. The fraction of sp³-hybridized carbons (Fsp3) is 0.158. The third-order valence-corrected chi connectivity index (χ3v) is 3.54. The van der Waals surface area contributed by atoms with Gasteiger partial charge in [0.15, 0.2) is 0 Å². The smallest absolute Gasteiger partial charge is 0.0378 e. The first-order valence-electron chi connectivity index (χ1n) is 7.18. The zero-order valence-electron chi connectivity index (χ0n) is 11.5. The molecule has 2 aromatic carbocycles. The van der Waals surface area contributed by atoms with Crippen molar-refractivity contribution < 1.29 is 0 Å². The Hall–Kier alpha value is -2.28. The molecule has 100 valence electrons. The summed E-state index contributed by atoms with van der Waals surface area (Å²) in [6.07, 6.45) is 6.88. The van der Waals surface area contributed by atoms with E-state index in [0.29, 0.717) is 0 Å². The molecule has 1 aliphatic heterocycles. The Labute approximate surface area is 120 Å². The standard InChI is InChI=1S/C19H19N/c1-3-8-16(9-4-1)14-18-12-7-13-20-19(18)15-17-10-5-2-6-11-17/h1-6,8-11,14-15,20H,7,12-13H2. The van der Waals surface area contributed by atoms with Gasteiger partial charge in [-0.05, 0) is 41.7 Å². The summed E-state index contributed by atoms with van der Waals surface area (Å²) < 4.78 is 0. The molecule has 0 spiro atoms. The molecule has 0 atom stereocenters. The zero-order valence-corrected chi connectivity index (χ0v) is 11.5. The number of rotatable bonds is 2. The first kappa shape index (κ1) is 12.7. The molecule has 1 fully saturated rings. The Balaban J connectivity index is 1.92. The van der Waals surface area contributed by atoms with Crippen molar-refractivity contribution in [2.75, 3.05) is 6.54 Å². The van der Waals surface area contributed by atoms with E-state index in [1.807, 2.05) is 0 Å². The molecule has 1 aliphatic rings. The highest BCUT2D eigenvalue weighted by molar-refractivity contribution is 5.65. The Bertz CT molecular complexity index is 551. The highest BCUT2D eigenvalue weighted by Gasteiger charge is 2.10. The largest absolute Gasteiger partial charge is 0.385 e. The van der Waals surface area contributed by atoms with Crippen molar-refractivity contribution in [1.82, 2.24) is 5.32 Å². The highest BCUT2D eigenvalue weighted by atomic mass is 14.9. The van der Waals surface area contributed by atoms with Gasteiger partial charge in [-0.25, -0.2) is 0 Å². The van der Waals surface area contributed by atoms with Crippen LogP contribution in [-0.4, -0.2) is 6.54 Å². The number of hydrogen-bond acceptors (Lipinski definition) is 1. The minimum atomic E-state index is 1.06. The van der Waals surface area contributed by atoms with E-state index >= 15 is 0 Å². The predicted octanol–water partition coefficient (Wildman–Crippen LogP) is 4.49. The number of nitrogens with one attached hydrogen (secondary N) is 1. The summed E-state index contributed by atoms with van der Waals surface area (Å²) in [5.74, 6) is 0. The fourth-order valence-corrected chi connectivity index (χ4v) is 2.51. The Kier molecular flexibility index (Phi) is 3.98. The fourth-order valence-electron chi connectivity index (χ4n) is 2.51. The van der Waals surface area contributed by atoms with Gasteiger partial charge in [0.25, 0.3) is 0 Å². The molecule has 0 bridgehead atoms. The molecule has 1 saturated heterocycles. The SMILES string of the molecule is C(=C1CCCNC1=Cc1ccccc1)c1ccccc1. The lowest BCUT2D eigenvalue weighted by Crippen LogP contribution is -2.21. The summed E-state index contributed by atoms with van der Waals surface area (Å²) in [5, 5.41) is 3.53. The lowest BCUT2D eigenvalue weighted by molar-refractivity contribution is 0.676. The molecule has 0 aromatic heterocycles. The maximum atomic E-state index is 3.53. The topological polar surface area (TPSA) is 12.0 Å². The minimum Gasteiger partial charge on any atom is -0.385 e. The van der Waals surface area contributed by atoms with E-state index in [4.69, 9.17) is 0 Å². The van der Waals surface area contributed by atoms with E-state index in [1.165, 1.54) is 28.8 Å². The second kappa shape index (κ2) is 6.25. The molecular weight excluding hydrogens is 242 g/mol. The van der Waals surface area contributed by atoms with Crippen molar-refractivity contribution in [3.63, 3.8) is 0 Å². The van der Waals surface area contributed by atoms with Crippen molar-refractivity contribution in [1.29, 1.82) is 0 Å². The number of benzene rings is 2. The molecule has 1 heterocycles. The van der Waals surface area contributed by atoms with Crippen LogP contribution in [-0.2, 0) is 0 Å². The molecule has 0 unspecified atom stereocenters. The molecule has 2 aromatic rings. The molecule has 0 amide bonds. The molecule has 3 rings (SSSR count). The third-order valence-electron chi connectivity index (χ3n) is 3.54. The summed E-state index contributed by atoms with van der Waals surface area (Å²) in [6, 6.07) is 21.0. The molecule has 1 N–H and O–H groups in total. The van der Waals surface area contributed by atoms with Gasteiger partial charge >= 0.3 is 0 Å². The van der Waals surface area contributed by atoms with Crippen LogP contribution in [0.4, 0.5) is 0 Å². The van der Waals surface area contributed by atoms with E-state index in [0.717, 1.165) is 13.0 Å². The van der Waals surface area contributed by atoms with E-state index in [1.54, 1.807) is 0 Å². The van der Waals surface area contributed by atoms with Gasteiger partial charge in [-0.15, -0.1) is 0 Å². The van der Waals surface area contributed by atoms with Gasteiger partial charge in [-0.2, -0.15) is 0 Å². The van der Waals surface area contributed by atoms with Gasteiger partial charge in [0.2, 0.25) is 0 Å². The average molecular weight is 261 g/mol. The van der Waals surface area contributed by atoms with Crippen LogP contribution in [0.3, 0.4) is 0 Å². The van der Waals surface area contributed by atoms with Crippen LogP contribution in [0.15, 0.2) is 71.9 Å². The van der Waals surface area contributed by atoms with Crippen molar-refractivity contribution in [2.45, 2.75) is 12.8 Å². The number of allylic oxidation sites excluding steroid dienone is 1. The van der Waals surface area contributed by atoms with Crippen molar-refractivity contribution in [3.8, 4) is 0 Å². The summed E-state index contributed by atoms with van der Waals surface area (Å²) in [4.78, 5) is 0. The van der Waals surface area contributed by atoms with Gasteiger partial charge < -0.3 is 5.32 Å². The zero-order chi connectivity index (χ0) is 13.6. The summed E-state index contributed by atoms with van der Waals surface area (Å²) in [7, 11) is 0. The van der Waals surface area contributed by atoms with Crippen LogP contribution in [0.25, 0.3) is 12.2 Å². The van der Waals surface area contributed by atoms with Gasteiger partial charge in [0.1, 0.15) is 0 Å². The average Bonchev–Trinajstić information content (AvgIpc) is 2.51. The quantitative estimate of drug-likeness (QED) is 0.839. The van der Waals surface area contributed by atoms with Gasteiger partial charge in [0, 0.05) is 12.2 Å². The summed E-state index contributed by atoms with van der Waals surface area (Å²) in [6.45, 7) is 1.06. The monoisotopic (exact) mass is 261 g/mol. The van der Waals surface area contributed by atoms with Crippen molar-refractivity contribution in [3.05, 3.63) is 83.1 Å². The summed E-state index contributed by atoms with van der Waals surface area (Å²) in [5.41, 5.74) is 5.17. The van der Waals surface area contributed by atoms with Crippen molar-refractivity contribution >= 4 is 12.2 Å². The maximum absolute atomic E-state index is 3.53. The number of hydrogen-bond donors (Lipinski definition) is 1. The lowest BCUT2D eigenvalue weighted by atomic mass is 9.98.